The van der Waals surface area contributed by atoms with Crippen molar-refractivity contribution in [2.45, 2.75) is 39.0 Å². The van der Waals surface area contributed by atoms with Gasteiger partial charge in [0.2, 0.25) is 0 Å². The minimum Gasteiger partial charge on any atom is -0.463 e. The van der Waals surface area contributed by atoms with E-state index in [0.29, 0.717) is 40.6 Å². The average Bonchev–Trinajstić information content (AvgIpc) is 3.44. The van der Waals surface area contributed by atoms with Gasteiger partial charge in [0.15, 0.2) is 5.76 Å². The zero-order chi connectivity index (χ0) is 22.7. The normalized spacial score (nSPS) is 15.2. The third-order valence-electron chi connectivity index (χ3n) is 6.04. The van der Waals surface area contributed by atoms with Crippen LogP contribution in [0.3, 0.4) is 0 Å². The fourth-order valence-corrected chi connectivity index (χ4v) is 5.65. The van der Waals surface area contributed by atoms with Crippen LogP contribution >= 0.6 is 22.9 Å². The van der Waals surface area contributed by atoms with Crippen LogP contribution in [-0.4, -0.2) is 20.1 Å². The van der Waals surface area contributed by atoms with Crippen molar-refractivity contribution < 1.29 is 9.15 Å². The number of thiophene rings is 1. The number of benzene rings is 1. The van der Waals surface area contributed by atoms with Gasteiger partial charge in [0.05, 0.1) is 36.9 Å². The van der Waals surface area contributed by atoms with Gasteiger partial charge < -0.3 is 9.15 Å². The van der Waals surface area contributed by atoms with Crippen LogP contribution in [0.4, 0.5) is 0 Å². The molecule has 0 saturated carbocycles. The molecule has 0 bridgehead atoms. The van der Waals surface area contributed by atoms with Crippen molar-refractivity contribution >= 4 is 43.4 Å². The molecule has 1 aliphatic rings. The van der Waals surface area contributed by atoms with Crippen LogP contribution in [-0.2, 0) is 24.3 Å². The van der Waals surface area contributed by atoms with Crippen molar-refractivity contribution in [3.05, 3.63) is 81.1 Å². The number of halogens is 1. The van der Waals surface area contributed by atoms with E-state index < -0.39 is 0 Å². The van der Waals surface area contributed by atoms with Gasteiger partial charge >= 0.3 is 0 Å². The standard InChI is InChI=1S/C25H20ClN3O3S/c1-25(2)10-16-17(12-32-25)20(18-4-3-9-31-18)28-23-19(16)21-22(33-23)24(30)29(13-27-21)11-14-5-7-15(26)8-6-14/h3-9,13H,10-12H2,1-2H3. The maximum Gasteiger partial charge on any atom is 0.271 e. The lowest BCUT2D eigenvalue weighted by Gasteiger charge is -2.32. The van der Waals surface area contributed by atoms with E-state index in [1.807, 2.05) is 36.4 Å². The summed E-state index contributed by atoms with van der Waals surface area (Å²) in [6.07, 6.45) is 3.97. The molecular formula is C25H20ClN3O3S. The summed E-state index contributed by atoms with van der Waals surface area (Å²) in [7, 11) is 0. The van der Waals surface area contributed by atoms with Gasteiger partial charge in [-0.15, -0.1) is 11.3 Å². The number of rotatable bonds is 3. The van der Waals surface area contributed by atoms with E-state index in [0.717, 1.165) is 32.6 Å². The van der Waals surface area contributed by atoms with Gasteiger partial charge in [-0.05, 0) is 49.2 Å². The first-order chi connectivity index (χ1) is 15.9. The van der Waals surface area contributed by atoms with Gasteiger partial charge in [0.25, 0.3) is 5.56 Å². The Morgan fingerprint density at radius 1 is 1.18 bits per heavy atom. The maximum atomic E-state index is 13.4. The summed E-state index contributed by atoms with van der Waals surface area (Å²) in [5, 5.41) is 1.62. The van der Waals surface area contributed by atoms with E-state index in [-0.39, 0.29) is 11.2 Å². The third kappa shape index (κ3) is 3.47. The monoisotopic (exact) mass is 477 g/mol. The summed E-state index contributed by atoms with van der Waals surface area (Å²) in [5.41, 5.74) is 4.21. The molecule has 0 N–H and O–H groups in total. The fourth-order valence-electron chi connectivity index (χ4n) is 4.41. The number of hydrogen-bond donors (Lipinski definition) is 0. The first-order valence-electron chi connectivity index (χ1n) is 10.7. The van der Waals surface area contributed by atoms with Crippen LogP contribution in [0, 0.1) is 0 Å². The molecular weight excluding hydrogens is 458 g/mol. The predicted octanol–water partition coefficient (Wildman–Crippen LogP) is 5.82. The molecule has 6 rings (SSSR count). The Morgan fingerprint density at radius 2 is 2.00 bits per heavy atom. The first kappa shape index (κ1) is 20.6. The molecule has 33 heavy (non-hydrogen) atoms. The highest BCUT2D eigenvalue weighted by atomic mass is 35.5. The molecule has 0 radical (unpaired) electrons. The van der Waals surface area contributed by atoms with Crippen LogP contribution in [0.15, 0.2) is 58.2 Å². The molecule has 1 aliphatic heterocycles. The largest absolute Gasteiger partial charge is 0.463 e. The topological polar surface area (TPSA) is 70.2 Å². The SMILES string of the molecule is CC1(C)Cc2c(c(-c3ccco3)nc3sc4c(=O)n(Cc5ccc(Cl)cc5)cnc4c23)CO1. The molecule has 0 amide bonds. The molecule has 0 fully saturated rings. The van der Waals surface area contributed by atoms with Gasteiger partial charge in [0, 0.05) is 22.4 Å². The Bertz CT molecular complexity index is 1570. The number of fused-ring (bicyclic) bond motifs is 5. The van der Waals surface area contributed by atoms with E-state index in [1.54, 1.807) is 17.2 Å². The van der Waals surface area contributed by atoms with E-state index in [2.05, 4.69) is 13.8 Å². The van der Waals surface area contributed by atoms with Crippen LogP contribution in [0.1, 0.15) is 30.5 Å². The first-order valence-corrected chi connectivity index (χ1v) is 11.8. The van der Waals surface area contributed by atoms with Crippen molar-refractivity contribution in [2.75, 3.05) is 0 Å². The molecule has 0 aliphatic carbocycles. The molecule has 166 valence electrons. The Labute approximate surface area is 198 Å². The zero-order valence-electron chi connectivity index (χ0n) is 18.1. The molecule has 5 heterocycles. The number of hydrogen-bond acceptors (Lipinski definition) is 6. The van der Waals surface area contributed by atoms with Gasteiger partial charge in [-0.1, -0.05) is 23.7 Å². The van der Waals surface area contributed by atoms with Crippen LogP contribution in [0.5, 0.6) is 0 Å². The van der Waals surface area contributed by atoms with Crippen LogP contribution in [0.2, 0.25) is 5.02 Å². The van der Waals surface area contributed by atoms with E-state index >= 15 is 0 Å². The molecule has 1 aromatic carbocycles. The fraction of sp³-hybridized carbons (Fsp3) is 0.240. The minimum absolute atomic E-state index is 0.0717. The molecule has 0 spiro atoms. The van der Waals surface area contributed by atoms with Gasteiger partial charge in [0.1, 0.15) is 15.2 Å². The second-order valence-electron chi connectivity index (χ2n) is 8.88. The highest BCUT2D eigenvalue weighted by Crippen LogP contribution is 2.42. The summed E-state index contributed by atoms with van der Waals surface area (Å²) in [6, 6.07) is 11.2. The minimum atomic E-state index is -0.320. The van der Waals surface area contributed by atoms with Crippen molar-refractivity contribution in [1.82, 2.24) is 14.5 Å². The second-order valence-corrected chi connectivity index (χ2v) is 10.3. The van der Waals surface area contributed by atoms with Crippen molar-refractivity contribution in [3.8, 4) is 11.5 Å². The molecule has 0 saturated heterocycles. The zero-order valence-corrected chi connectivity index (χ0v) is 19.7. The molecule has 0 atom stereocenters. The lowest BCUT2D eigenvalue weighted by atomic mass is 9.89. The van der Waals surface area contributed by atoms with E-state index in [9.17, 15) is 4.79 Å². The molecule has 6 nitrogen and oxygen atoms in total. The smallest absolute Gasteiger partial charge is 0.271 e. The van der Waals surface area contributed by atoms with Gasteiger partial charge in [-0.25, -0.2) is 9.97 Å². The Balaban J connectivity index is 1.58. The van der Waals surface area contributed by atoms with E-state index in [4.69, 9.17) is 30.7 Å². The summed E-state index contributed by atoms with van der Waals surface area (Å²) in [6.45, 7) is 5.02. The van der Waals surface area contributed by atoms with Crippen molar-refractivity contribution in [3.63, 3.8) is 0 Å². The van der Waals surface area contributed by atoms with Crippen molar-refractivity contribution in [2.24, 2.45) is 0 Å². The van der Waals surface area contributed by atoms with Gasteiger partial charge in [-0.3, -0.25) is 9.36 Å². The Morgan fingerprint density at radius 3 is 2.76 bits per heavy atom. The molecule has 8 heteroatoms. The lowest BCUT2D eigenvalue weighted by Crippen LogP contribution is -2.32. The quantitative estimate of drug-likeness (QED) is 0.327. The van der Waals surface area contributed by atoms with Crippen molar-refractivity contribution in [1.29, 1.82) is 0 Å². The van der Waals surface area contributed by atoms with E-state index in [1.165, 1.54) is 11.3 Å². The highest BCUT2D eigenvalue weighted by molar-refractivity contribution is 7.25. The van der Waals surface area contributed by atoms with Crippen LogP contribution < -0.4 is 5.56 Å². The third-order valence-corrected chi connectivity index (χ3v) is 7.35. The summed E-state index contributed by atoms with van der Waals surface area (Å²) in [4.78, 5) is 23.9. The Kier molecular flexibility index (Phi) is 4.69. The predicted molar refractivity (Wildman–Crippen MR) is 130 cm³/mol. The second kappa shape index (κ2) is 7.52. The van der Waals surface area contributed by atoms with Crippen LogP contribution in [0.25, 0.3) is 31.9 Å². The number of pyridine rings is 1. The average molecular weight is 478 g/mol. The number of furan rings is 1. The lowest BCUT2D eigenvalue weighted by molar-refractivity contribution is -0.0395. The number of ether oxygens (including phenoxy) is 1. The summed E-state index contributed by atoms with van der Waals surface area (Å²) < 4.78 is 14.0. The Hall–Kier alpha value is -3.00. The summed E-state index contributed by atoms with van der Waals surface area (Å²) >= 11 is 7.38. The van der Waals surface area contributed by atoms with Gasteiger partial charge in [-0.2, -0.15) is 0 Å². The molecule has 0 unspecified atom stereocenters. The highest BCUT2D eigenvalue weighted by Gasteiger charge is 2.32. The molecule has 4 aromatic heterocycles. The number of aromatic nitrogens is 3. The number of nitrogens with zero attached hydrogens (tertiary/aromatic N) is 3. The maximum absolute atomic E-state index is 13.4. The molecule has 5 aromatic rings. The summed E-state index contributed by atoms with van der Waals surface area (Å²) in [5.74, 6) is 0.696.